The molecular weight excluding hydrogens is 1500 g/mol. The van der Waals surface area contributed by atoms with Crippen molar-refractivity contribution in [2.75, 3.05) is 38.2 Å². The fourth-order valence-corrected chi connectivity index (χ4v) is 18.5. The van der Waals surface area contributed by atoms with E-state index >= 15 is 28.8 Å². The Balaban J connectivity index is 0.913. The lowest BCUT2D eigenvalue weighted by Crippen LogP contribution is -2.51. The molecule has 23 nitrogen and oxygen atoms in total. The third-order valence-electron chi connectivity index (χ3n) is 23.8. The van der Waals surface area contributed by atoms with Crippen LogP contribution in [-0.2, 0) is 86.5 Å². The van der Waals surface area contributed by atoms with E-state index in [2.05, 4.69) is 72.9 Å². The predicted octanol–water partition coefficient (Wildman–Crippen LogP) is 10.4. The van der Waals surface area contributed by atoms with Gasteiger partial charge in [-0.05, 0) is 172 Å². The number of amides is 4. The van der Waals surface area contributed by atoms with Crippen LogP contribution in [0.15, 0.2) is 170 Å². The van der Waals surface area contributed by atoms with E-state index in [9.17, 15) is 29.4 Å². The number of phenols is 1. The summed E-state index contributed by atoms with van der Waals surface area (Å²) >= 11 is 1.55. The van der Waals surface area contributed by atoms with E-state index in [0.29, 0.717) is 65.8 Å². The van der Waals surface area contributed by atoms with Crippen molar-refractivity contribution >= 4 is 97.9 Å². The molecule has 4 heterocycles. The number of carbonyl (C=O) groups is 10. The summed E-state index contributed by atoms with van der Waals surface area (Å²) in [7, 11) is 2.18. The average molecular weight is 1610 g/mol. The van der Waals surface area contributed by atoms with Gasteiger partial charge in [-0.3, -0.25) is 53.4 Å². The summed E-state index contributed by atoms with van der Waals surface area (Å²) in [5, 5.41) is 46.6. The standard InChI is InChI=1S/C93H115N11O12S/c1-58(105)88-86(112)51-66(41-59-21-7-3-8-22-59)82(108)34-14-6-13-32-77(100-91(115)67(43-62-35-37-71(106)38-36-62)46-72(107)57-117-56-63-44-75-74-30-19-33-78-87(74)70(54-99-78)48-81(75)104(2)55-63)83(109)49-65(28-20-40-97-93(95)96)89(113)101-79(45-61-25-11-5-12-26-61)85(111)52-68(42-60-23-9-4-10-24-60)92(116)102-80(47-69-53-98-76-31-16-15-29-73(69)76)84(110)50-64(90(114)103-88)27-17-18-39-94/h3-5,7-12,15-16,19,21-26,29-31,33,35-38,53-54,58,63-68,75,77,79-81,88,98-99,105-106H,6,13-14,17-18,20,27-28,32,34,39-52,55-57,94H2,1-2H3,(H,100,115)(H,101,113)(H,102,116)(H,103,114)(H4,95,96,97)/t58-,63-,64-,65-,66-,67+,68-,75-,77-,79+,80-,81-,88+/m1/s1. The number of aromatic nitrogens is 2. The lowest BCUT2D eigenvalue weighted by atomic mass is 9.73. The summed E-state index contributed by atoms with van der Waals surface area (Å²) in [5.41, 5.74) is 19.8. The highest BCUT2D eigenvalue weighted by molar-refractivity contribution is 7.99. The molecule has 620 valence electrons. The number of nitrogens with two attached hydrogens (primary N) is 2. The molecule has 0 spiro atoms. The van der Waals surface area contributed by atoms with Crippen LogP contribution < -0.4 is 38.1 Å². The second kappa shape index (κ2) is 43.2. The Kier molecular flexibility index (Phi) is 32.3. The van der Waals surface area contributed by atoms with Crippen molar-refractivity contribution in [1.82, 2.24) is 41.5 Å². The van der Waals surface area contributed by atoms with Crippen molar-refractivity contribution < 1.29 is 58.2 Å². The van der Waals surface area contributed by atoms with Crippen LogP contribution in [0.5, 0.6) is 5.75 Å². The van der Waals surface area contributed by atoms with E-state index in [-0.39, 0.29) is 126 Å². The molecule has 14 N–H and O–H groups in total. The third-order valence-corrected chi connectivity index (χ3v) is 25.0. The highest BCUT2D eigenvalue weighted by Crippen LogP contribution is 2.45. The highest BCUT2D eigenvalue weighted by Gasteiger charge is 2.42. The Morgan fingerprint density at radius 1 is 0.607 bits per heavy atom. The molecular formula is C93H115N11O12S. The molecule has 1 aliphatic carbocycles. The number of nitrogens with one attached hydrogen (secondary N) is 8. The number of likely N-dealkylation sites (tertiary alicyclic amines) is 1. The zero-order valence-corrected chi connectivity index (χ0v) is 68.1. The number of H-pyrrole nitrogens is 2. The number of aliphatic hydroxyl groups excluding tert-OH is 1. The number of rotatable bonds is 27. The molecule has 4 amide bonds. The van der Waals surface area contributed by atoms with Crippen LogP contribution in [0.25, 0.3) is 21.8 Å². The number of hydrogen-bond acceptors (Lipinski definition) is 16. The van der Waals surface area contributed by atoms with Gasteiger partial charge in [-0.15, -0.1) is 0 Å². The number of guanidine groups is 1. The minimum Gasteiger partial charge on any atom is -0.508 e. The maximum absolute atomic E-state index is 15.6. The molecule has 2 aromatic heterocycles. The van der Waals surface area contributed by atoms with E-state index in [0.717, 1.165) is 47.1 Å². The first-order chi connectivity index (χ1) is 56.5. The largest absolute Gasteiger partial charge is 0.508 e. The smallest absolute Gasteiger partial charge is 0.224 e. The van der Waals surface area contributed by atoms with Crippen LogP contribution in [0, 0.1) is 40.9 Å². The van der Waals surface area contributed by atoms with Gasteiger partial charge in [0.15, 0.2) is 29.1 Å². The summed E-state index contributed by atoms with van der Waals surface area (Å²) in [6.45, 7) is 2.67. The molecule has 13 atom stereocenters. The lowest BCUT2D eigenvalue weighted by Gasteiger charge is -2.45. The number of likely N-dealkylation sites (N-methyl/N-ethyl adjacent to an activating group) is 1. The summed E-state index contributed by atoms with van der Waals surface area (Å²) < 4.78 is 0. The predicted molar refractivity (Wildman–Crippen MR) is 456 cm³/mol. The maximum Gasteiger partial charge on any atom is 0.224 e. The normalized spacial score (nSPS) is 23.3. The summed E-state index contributed by atoms with van der Waals surface area (Å²) in [6, 6.07) is 42.6. The molecule has 117 heavy (non-hydrogen) atoms. The highest BCUT2D eigenvalue weighted by atomic mass is 32.2. The van der Waals surface area contributed by atoms with Crippen LogP contribution in [-0.4, -0.2) is 164 Å². The maximum atomic E-state index is 15.6. The molecule has 0 saturated carbocycles. The fraction of sp³-hybridized carbons (Fsp3) is 0.452. The Morgan fingerprint density at radius 2 is 1.20 bits per heavy atom. The van der Waals surface area contributed by atoms with Gasteiger partial charge in [-0.1, -0.05) is 153 Å². The minimum absolute atomic E-state index is 0.00617. The number of piperidine rings is 1. The fourth-order valence-electron chi connectivity index (χ4n) is 17.5. The zero-order chi connectivity index (χ0) is 82.9. The van der Waals surface area contributed by atoms with E-state index in [1.165, 1.54) is 35.6 Å². The molecule has 2 aliphatic heterocycles. The number of aliphatic hydroxyl groups is 1. The number of unbranched alkanes of at least 4 members (excludes halogenated alkanes) is 1. The number of thioether (sulfide) groups is 1. The lowest BCUT2D eigenvalue weighted by molar-refractivity contribution is -0.137. The van der Waals surface area contributed by atoms with E-state index < -0.39 is 126 Å². The Hall–Kier alpha value is -10.4. The molecule has 8 aromatic rings. The van der Waals surface area contributed by atoms with Gasteiger partial charge >= 0.3 is 0 Å². The molecule has 0 bridgehead atoms. The molecule has 2 fully saturated rings. The van der Waals surface area contributed by atoms with Gasteiger partial charge in [0.1, 0.15) is 23.4 Å². The van der Waals surface area contributed by atoms with Gasteiger partial charge in [-0.25, -0.2) is 0 Å². The van der Waals surface area contributed by atoms with Gasteiger partial charge in [-0.2, -0.15) is 11.8 Å². The van der Waals surface area contributed by atoms with Gasteiger partial charge < -0.3 is 63.1 Å². The van der Waals surface area contributed by atoms with Crippen LogP contribution in [0.3, 0.4) is 0 Å². The van der Waals surface area contributed by atoms with E-state index in [1.54, 1.807) is 66.5 Å². The van der Waals surface area contributed by atoms with Crippen molar-refractivity contribution in [3.05, 3.63) is 209 Å². The first kappa shape index (κ1) is 87.4. The van der Waals surface area contributed by atoms with Gasteiger partial charge in [0.2, 0.25) is 23.6 Å². The van der Waals surface area contributed by atoms with Gasteiger partial charge in [0.25, 0.3) is 0 Å². The monoisotopic (exact) mass is 1610 g/mol. The molecule has 2 saturated heterocycles. The van der Waals surface area contributed by atoms with Crippen LogP contribution in [0.1, 0.15) is 155 Å². The minimum atomic E-state index is -1.50. The number of carbonyl (C=O) groups excluding carboxylic acids is 10. The Morgan fingerprint density at radius 3 is 1.87 bits per heavy atom. The average Bonchev–Trinajstić information content (AvgIpc) is 1.67. The van der Waals surface area contributed by atoms with Crippen molar-refractivity contribution in [2.24, 2.45) is 47.0 Å². The number of Topliss-reactive ketones (excluding diaryl/α,β-unsaturated/α-hetero) is 6. The number of benzene rings is 6. The number of aromatic hydroxyl groups is 1. The number of fused-ring (bicyclic) bond motifs is 3. The van der Waals surface area contributed by atoms with Crippen LogP contribution >= 0.6 is 11.8 Å². The summed E-state index contributed by atoms with van der Waals surface area (Å²) in [6.07, 6.45) is 4.96. The number of para-hydroxylation sites is 1. The second-order valence-electron chi connectivity index (χ2n) is 32.7. The number of nitrogens with zero attached hydrogens (tertiary/aromatic N) is 1. The summed E-state index contributed by atoms with van der Waals surface area (Å²) in [5.74, 6) is -9.34. The number of aromatic amines is 2. The van der Waals surface area contributed by atoms with Crippen molar-refractivity contribution in [1.29, 1.82) is 5.41 Å². The topological polar surface area (TPSA) is 382 Å². The third kappa shape index (κ3) is 25.1. The second-order valence-corrected chi connectivity index (χ2v) is 33.7. The molecule has 24 heteroatoms. The van der Waals surface area contributed by atoms with E-state index in [1.807, 2.05) is 78.9 Å². The molecule has 3 aliphatic rings. The number of ketones is 6. The molecule has 6 aromatic carbocycles. The SMILES string of the molecule is C[C@@H](O)[C@@H]1NC(=O)[C@H](CCCCN)CC(=O)[C@@H](Cc2c[nH]c3ccccc23)NC(=O)[C@H](Cc2ccccc2)CC(=O)[C@H](Cc2ccccc2)NC(=O)[C@H](CCCNC(=N)N)CC(=O)[C@H](NC(=O)[C@H](CC(=O)CSC[C@@H]2C[C@@H]3c4cccc5[nH]cc(c45)C[C@H]3N(C)C2)Cc2ccc(O)cc2)CCCCCC(=O)[C@H](Cc2ccccc2)CC1=O. The molecule has 0 radical (unpaired) electrons. The van der Waals surface area contributed by atoms with Gasteiger partial charge in [0, 0.05) is 134 Å². The Bertz CT molecular complexity index is 4710. The van der Waals surface area contributed by atoms with Crippen molar-refractivity contribution in [2.45, 2.75) is 190 Å². The number of hydrogen-bond donors (Lipinski definition) is 12. The van der Waals surface area contributed by atoms with Crippen molar-refractivity contribution in [3.8, 4) is 5.75 Å². The zero-order valence-electron chi connectivity index (χ0n) is 67.3. The summed E-state index contributed by atoms with van der Waals surface area (Å²) in [4.78, 5) is 161. The molecule has 0 unspecified atom stereocenters. The number of phenolic OH excluding ortho intramolecular Hbond substituents is 1. The van der Waals surface area contributed by atoms with Crippen LogP contribution in [0.4, 0.5) is 0 Å². The first-order valence-electron chi connectivity index (χ1n) is 41.7. The first-order valence-corrected chi connectivity index (χ1v) is 42.8. The van der Waals surface area contributed by atoms with Crippen molar-refractivity contribution in [3.63, 3.8) is 0 Å². The van der Waals surface area contributed by atoms with Crippen LogP contribution in [0.2, 0.25) is 0 Å². The molecule has 11 rings (SSSR count). The quantitative estimate of drug-likeness (QED) is 0.0129. The Labute approximate surface area is 689 Å². The van der Waals surface area contributed by atoms with Gasteiger partial charge in [0.05, 0.1) is 30.0 Å². The van der Waals surface area contributed by atoms with E-state index in [4.69, 9.17) is 16.9 Å².